The van der Waals surface area contributed by atoms with Crippen LogP contribution in [0.15, 0.2) is 30.5 Å². The highest BCUT2D eigenvalue weighted by molar-refractivity contribution is 5.94. The van der Waals surface area contributed by atoms with E-state index in [0.717, 1.165) is 41.4 Å². The lowest BCUT2D eigenvalue weighted by atomic mass is 10.1. The van der Waals surface area contributed by atoms with Crippen molar-refractivity contribution in [3.63, 3.8) is 0 Å². The van der Waals surface area contributed by atoms with Crippen molar-refractivity contribution >= 4 is 5.91 Å². The van der Waals surface area contributed by atoms with Gasteiger partial charge in [0.05, 0.1) is 12.2 Å². The highest BCUT2D eigenvalue weighted by atomic mass is 19.1. The molecule has 0 unspecified atom stereocenters. The molecule has 1 aromatic carbocycles. The van der Waals surface area contributed by atoms with Crippen molar-refractivity contribution in [2.45, 2.75) is 32.2 Å². The van der Waals surface area contributed by atoms with Crippen molar-refractivity contribution in [3.8, 4) is 5.69 Å². The molecule has 2 aliphatic carbocycles. The normalized spacial score (nSPS) is 19.4. The number of amides is 1. The second-order valence-corrected chi connectivity index (χ2v) is 7.83. The minimum Gasteiger partial charge on any atom is -0.353 e. The van der Waals surface area contributed by atoms with E-state index in [0.29, 0.717) is 24.1 Å². The predicted molar refractivity (Wildman–Crippen MR) is 99.4 cm³/mol. The molecule has 1 N–H and O–H groups in total. The number of carbonyl (C=O) groups is 1. The minimum atomic E-state index is -0.680. The summed E-state index contributed by atoms with van der Waals surface area (Å²) in [6, 6.07) is 5.46. The van der Waals surface area contributed by atoms with Crippen LogP contribution in [-0.4, -0.2) is 20.3 Å². The molecule has 144 valence electrons. The number of halogens is 2. The molecule has 0 aliphatic heterocycles. The van der Waals surface area contributed by atoms with Gasteiger partial charge in [-0.15, -0.1) is 0 Å². The molecule has 2 heterocycles. The van der Waals surface area contributed by atoms with Crippen LogP contribution >= 0.6 is 0 Å². The van der Waals surface area contributed by atoms with Crippen LogP contribution in [-0.2, 0) is 20.0 Å². The summed E-state index contributed by atoms with van der Waals surface area (Å²) < 4.78 is 31.2. The van der Waals surface area contributed by atoms with Crippen LogP contribution in [0.5, 0.6) is 0 Å². The molecular formula is C21H20F2N4O. The second-order valence-electron chi connectivity index (χ2n) is 7.83. The molecule has 28 heavy (non-hydrogen) atoms. The van der Waals surface area contributed by atoms with Gasteiger partial charge in [0.1, 0.15) is 11.5 Å². The Kier molecular flexibility index (Phi) is 3.69. The van der Waals surface area contributed by atoms with Crippen LogP contribution in [0.3, 0.4) is 0 Å². The molecule has 0 saturated heterocycles. The summed E-state index contributed by atoms with van der Waals surface area (Å²) >= 11 is 0. The van der Waals surface area contributed by atoms with Gasteiger partial charge in [-0.2, -0.15) is 5.10 Å². The quantitative estimate of drug-likeness (QED) is 0.752. The van der Waals surface area contributed by atoms with Gasteiger partial charge in [-0.3, -0.25) is 4.79 Å². The zero-order valence-corrected chi connectivity index (χ0v) is 15.7. The Morgan fingerprint density at radius 1 is 1.32 bits per heavy atom. The van der Waals surface area contributed by atoms with Crippen molar-refractivity contribution in [2.75, 3.05) is 0 Å². The van der Waals surface area contributed by atoms with Crippen LogP contribution < -0.4 is 5.32 Å². The fraction of sp³-hybridized carbons (Fsp3) is 0.333. The van der Waals surface area contributed by atoms with Crippen molar-refractivity contribution in [1.29, 1.82) is 0 Å². The molecule has 5 rings (SSSR count). The third kappa shape index (κ3) is 2.65. The Balaban J connectivity index is 1.48. The van der Waals surface area contributed by atoms with Gasteiger partial charge in [0.15, 0.2) is 11.5 Å². The Morgan fingerprint density at radius 3 is 2.86 bits per heavy atom. The van der Waals surface area contributed by atoms with Crippen LogP contribution in [0, 0.1) is 24.5 Å². The summed E-state index contributed by atoms with van der Waals surface area (Å²) in [6.45, 7) is 2.39. The fourth-order valence-corrected chi connectivity index (χ4v) is 4.36. The Bertz CT molecular complexity index is 1110. The van der Waals surface area contributed by atoms with Gasteiger partial charge in [0.2, 0.25) is 0 Å². The predicted octanol–water partition coefficient (Wildman–Crippen LogP) is 3.39. The zero-order valence-electron chi connectivity index (χ0n) is 15.7. The van der Waals surface area contributed by atoms with Gasteiger partial charge in [0, 0.05) is 36.5 Å². The number of fused-ring (bicyclic) bond motifs is 3. The summed E-state index contributed by atoms with van der Waals surface area (Å²) in [7, 11) is 1.94. The summed E-state index contributed by atoms with van der Waals surface area (Å²) in [5.41, 5.74) is 4.44. The van der Waals surface area contributed by atoms with Gasteiger partial charge in [-0.25, -0.2) is 13.5 Å². The van der Waals surface area contributed by atoms with Gasteiger partial charge in [0.25, 0.3) is 5.91 Å². The molecule has 5 nitrogen and oxygen atoms in total. The topological polar surface area (TPSA) is 51.9 Å². The van der Waals surface area contributed by atoms with Crippen LogP contribution in [0.4, 0.5) is 8.78 Å². The number of benzene rings is 1. The molecule has 2 aliphatic rings. The lowest BCUT2D eigenvalue weighted by molar-refractivity contribution is 0.0943. The highest BCUT2D eigenvalue weighted by Gasteiger charge is 2.50. The van der Waals surface area contributed by atoms with E-state index in [1.165, 1.54) is 16.8 Å². The Labute approximate surface area is 161 Å². The summed E-state index contributed by atoms with van der Waals surface area (Å²) in [6.07, 6.45) is 3.82. The van der Waals surface area contributed by atoms with Crippen LogP contribution in [0.2, 0.25) is 0 Å². The summed E-state index contributed by atoms with van der Waals surface area (Å²) in [5, 5.41) is 7.37. The number of hydrogen-bond acceptors (Lipinski definition) is 2. The third-order valence-electron chi connectivity index (χ3n) is 5.79. The number of aryl methyl sites for hydroxylation is 2. The average molecular weight is 382 g/mol. The first-order valence-corrected chi connectivity index (χ1v) is 9.39. The smallest absolute Gasteiger partial charge is 0.272 e. The molecular weight excluding hydrogens is 362 g/mol. The maximum absolute atomic E-state index is 14.4. The zero-order chi connectivity index (χ0) is 19.6. The van der Waals surface area contributed by atoms with E-state index in [1.54, 1.807) is 0 Å². The number of nitrogens with one attached hydrogen (secondary N) is 1. The first-order valence-electron chi connectivity index (χ1n) is 9.39. The molecule has 0 radical (unpaired) electrons. The van der Waals surface area contributed by atoms with Crippen LogP contribution in [0.25, 0.3) is 5.69 Å². The van der Waals surface area contributed by atoms with Gasteiger partial charge < -0.3 is 9.88 Å². The lowest BCUT2D eigenvalue weighted by Crippen LogP contribution is -2.25. The van der Waals surface area contributed by atoms with Crippen molar-refractivity contribution in [3.05, 3.63) is 70.3 Å². The Hall–Kier alpha value is -2.96. The number of nitrogens with zero attached hydrogens (tertiary/aromatic N) is 3. The number of hydrogen-bond donors (Lipinski definition) is 1. The molecule has 1 saturated carbocycles. The maximum atomic E-state index is 14.4. The first kappa shape index (κ1) is 17.2. The van der Waals surface area contributed by atoms with E-state index in [2.05, 4.69) is 10.4 Å². The minimum absolute atomic E-state index is 0.183. The molecule has 7 heteroatoms. The largest absolute Gasteiger partial charge is 0.353 e. The molecule has 2 aromatic heterocycles. The van der Waals surface area contributed by atoms with E-state index in [9.17, 15) is 13.6 Å². The van der Waals surface area contributed by atoms with Crippen LogP contribution in [0.1, 0.15) is 45.3 Å². The van der Waals surface area contributed by atoms with E-state index < -0.39 is 11.6 Å². The molecule has 0 spiro atoms. The number of aromatic nitrogens is 3. The molecule has 1 amide bonds. The molecule has 1 fully saturated rings. The van der Waals surface area contributed by atoms with Gasteiger partial charge in [-0.05, 0) is 49.4 Å². The summed E-state index contributed by atoms with van der Waals surface area (Å²) in [4.78, 5) is 12.9. The van der Waals surface area contributed by atoms with Crippen molar-refractivity contribution < 1.29 is 13.6 Å². The fourth-order valence-electron chi connectivity index (χ4n) is 4.36. The first-order chi connectivity index (χ1) is 13.4. The summed E-state index contributed by atoms with van der Waals surface area (Å²) in [5.74, 6) is -0.766. The maximum Gasteiger partial charge on any atom is 0.272 e. The SMILES string of the molecule is Cc1cc(CNC(=O)c2nn(-c3ccc(F)cc3F)c3c2C[C@H]2C[C@@H]32)n(C)c1. The highest BCUT2D eigenvalue weighted by Crippen LogP contribution is 2.57. The molecule has 3 aromatic rings. The molecule has 2 atom stereocenters. The second kappa shape index (κ2) is 6.02. The monoisotopic (exact) mass is 382 g/mol. The third-order valence-corrected chi connectivity index (χ3v) is 5.79. The van der Waals surface area contributed by atoms with Gasteiger partial charge >= 0.3 is 0 Å². The number of carbonyl (C=O) groups excluding carboxylic acids is 1. The molecule has 0 bridgehead atoms. The van der Waals surface area contributed by atoms with E-state index >= 15 is 0 Å². The van der Waals surface area contributed by atoms with E-state index in [-0.39, 0.29) is 11.6 Å². The lowest BCUT2D eigenvalue weighted by Gasteiger charge is -2.07. The standard InChI is InChI=1S/C21H20F2N4O/c1-11-5-14(26(2)10-11)9-24-21(28)19-16-7-12-6-15(12)20(16)27(25-19)18-4-3-13(22)8-17(18)23/h3-5,8,10,12,15H,6-7,9H2,1-2H3,(H,24,28)/t12-,15-/m1/s1. The van der Waals surface area contributed by atoms with E-state index in [4.69, 9.17) is 0 Å². The van der Waals surface area contributed by atoms with Gasteiger partial charge in [-0.1, -0.05) is 0 Å². The van der Waals surface area contributed by atoms with Crippen molar-refractivity contribution in [2.24, 2.45) is 13.0 Å². The van der Waals surface area contributed by atoms with Crippen molar-refractivity contribution in [1.82, 2.24) is 19.7 Å². The Morgan fingerprint density at radius 2 is 2.14 bits per heavy atom. The average Bonchev–Trinajstić information content (AvgIpc) is 2.98. The number of rotatable bonds is 4. The van der Waals surface area contributed by atoms with E-state index in [1.807, 2.05) is 30.8 Å².